The molecule has 1 atom stereocenters. The average molecular weight is 356 g/mol. The van der Waals surface area contributed by atoms with Crippen molar-refractivity contribution in [3.05, 3.63) is 15.9 Å². The zero-order chi connectivity index (χ0) is 13.9. The Balaban J connectivity index is 2.89. The van der Waals surface area contributed by atoms with E-state index in [1.807, 2.05) is 13.8 Å². The van der Waals surface area contributed by atoms with Crippen LogP contribution in [0.5, 0.6) is 0 Å². The van der Waals surface area contributed by atoms with Crippen LogP contribution in [0.25, 0.3) is 0 Å². The molecule has 18 heavy (non-hydrogen) atoms. The lowest BCUT2D eigenvalue weighted by atomic mass is 10.1. The molecule has 1 aromatic rings. The third-order valence-electron chi connectivity index (χ3n) is 2.12. The minimum Gasteiger partial charge on any atom is -0.480 e. The second-order valence-electron chi connectivity index (χ2n) is 4.20. The smallest absolute Gasteiger partial charge is 0.321 e. The highest BCUT2D eigenvalue weighted by Gasteiger charge is 2.26. The number of aliphatic carboxylic acids is 1. The minimum absolute atomic E-state index is 0.0869. The SMILES string of the molecule is CC(C)CC(NS(=O)(=O)c1ccc(Br)s1)C(=O)O. The highest BCUT2D eigenvalue weighted by atomic mass is 79.9. The molecule has 0 saturated heterocycles. The van der Waals surface area contributed by atoms with Crippen LogP contribution in [0.2, 0.25) is 0 Å². The van der Waals surface area contributed by atoms with Gasteiger partial charge in [-0.2, -0.15) is 4.72 Å². The second-order valence-corrected chi connectivity index (χ2v) is 8.60. The summed E-state index contributed by atoms with van der Waals surface area (Å²) in [6.07, 6.45) is 0.251. The Morgan fingerprint density at radius 2 is 2.11 bits per heavy atom. The molecule has 0 fully saturated rings. The first-order valence-electron chi connectivity index (χ1n) is 5.23. The molecule has 0 radical (unpaired) electrons. The first-order valence-corrected chi connectivity index (χ1v) is 8.32. The third-order valence-corrected chi connectivity index (χ3v) is 5.70. The summed E-state index contributed by atoms with van der Waals surface area (Å²) in [6.45, 7) is 3.68. The minimum atomic E-state index is -3.77. The van der Waals surface area contributed by atoms with Crippen molar-refractivity contribution in [2.75, 3.05) is 0 Å². The molecule has 0 spiro atoms. The maximum absolute atomic E-state index is 12.0. The first-order chi connectivity index (χ1) is 8.22. The highest BCUT2D eigenvalue weighted by Crippen LogP contribution is 2.26. The number of rotatable bonds is 6. The number of sulfonamides is 1. The predicted octanol–water partition coefficient (Wildman–Crippen LogP) is 2.29. The van der Waals surface area contributed by atoms with Crippen LogP contribution < -0.4 is 4.72 Å². The van der Waals surface area contributed by atoms with E-state index >= 15 is 0 Å². The molecule has 0 aliphatic rings. The topological polar surface area (TPSA) is 83.5 Å². The summed E-state index contributed by atoms with van der Waals surface area (Å²) in [5.74, 6) is -1.08. The molecule has 8 heteroatoms. The molecular weight excluding hydrogens is 342 g/mol. The van der Waals surface area contributed by atoms with Gasteiger partial charge in [-0.05, 0) is 40.4 Å². The van der Waals surface area contributed by atoms with Gasteiger partial charge in [0.05, 0.1) is 3.79 Å². The summed E-state index contributed by atoms with van der Waals surface area (Å²) in [7, 11) is -3.77. The molecule has 1 heterocycles. The van der Waals surface area contributed by atoms with Crippen molar-refractivity contribution in [1.29, 1.82) is 0 Å². The Hall–Kier alpha value is -0.440. The lowest BCUT2D eigenvalue weighted by molar-refractivity contribution is -0.139. The maximum Gasteiger partial charge on any atom is 0.321 e. The molecule has 0 amide bonds. The molecule has 1 unspecified atom stereocenters. The molecule has 1 rings (SSSR count). The van der Waals surface area contributed by atoms with Crippen LogP contribution >= 0.6 is 27.3 Å². The second kappa shape index (κ2) is 6.14. The van der Waals surface area contributed by atoms with E-state index < -0.39 is 22.0 Å². The van der Waals surface area contributed by atoms with Gasteiger partial charge in [-0.15, -0.1) is 11.3 Å². The number of nitrogens with one attached hydrogen (secondary N) is 1. The van der Waals surface area contributed by atoms with Crippen LogP contribution in [0.3, 0.4) is 0 Å². The fraction of sp³-hybridized carbons (Fsp3) is 0.500. The van der Waals surface area contributed by atoms with Gasteiger partial charge in [0.1, 0.15) is 10.3 Å². The van der Waals surface area contributed by atoms with Gasteiger partial charge in [-0.1, -0.05) is 13.8 Å². The summed E-state index contributed by atoms with van der Waals surface area (Å²) in [5.41, 5.74) is 0. The van der Waals surface area contributed by atoms with Crippen molar-refractivity contribution in [3.63, 3.8) is 0 Å². The Kier molecular flexibility index (Phi) is 5.32. The zero-order valence-electron chi connectivity index (χ0n) is 9.88. The maximum atomic E-state index is 12.0. The number of carboxylic acid groups (broad SMARTS) is 1. The predicted molar refractivity (Wildman–Crippen MR) is 73.2 cm³/mol. The summed E-state index contributed by atoms with van der Waals surface area (Å²) < 4.78 is 26.9. The Labute approximate surface area is 118 Å². The van der Waals surface area contributed by atoms with Crippen molar-refractivity contribution >= 4 is 43.3 Å². The van der Waals surface area contributed by atoms with Gasteiger partial charge in [0.15, 0.2) is 0 Å². The Morgan fingerprint density at radius 1 is 1.50 bits per heavy atom. The normalized spacial score (nSPS) is 13.8. The van der Waals surface area contributed by atoms with E-state index in [4.69, 9.17) is 5.11 Å². The quantitative estimate of drug-likeness (QED) is 0.819. The number of hydrogen-bond acceptors (Lipinski definition) is 4. The van der Waals surface area contributed by atoms with Gasteiger partial charge in [-0.3, -0.25) is 4.79 Å². The lowest BCUT2D eigenvalue weighted by Crippen LogP contribution is -2.41. The molecule has 0 aliphatic carbocycles. The van der Waals surface area contributed by atoms with Crippen LogP contribution in [-0.2, 0) is 14.8 Å². The van der Waals surface area contributed by atoms with E-state index in [1.165, 1.54) is 6.07 Å². The fourth-order valence-electron chi connectivity index (χ4n) is 1.36. The number of carboxylic acids is 1. The number of halogens is 1. The van der Waals surface area contributed by atoms with Crippen molar-refractivity contribution in [1.82, 2.24) is 4.72 Å². The standard InChI is InChI=1S/C10H14BrNO4S2/c1-6(2)5-7(10(13)14)12-18(15,16)9-4-3-8(11)17-9/h3-4,6-7,12H,5H2,1-2H3,(H,13,14). The summed E-state index contributed by atoms with van der Waals surface area (Å²) in [5, 5.41) is 9.00. The molecular formula is C10H14BrNO4S2. The Bertz CT molecular complexity index is 524. The van der Waals surface area contributed by atoms with E-state index in [0.29, 0.717) is 3.79 Å². The summed E-state index contributed by atoms with van der Waals surface area (Å²) >= 11 is 4.21. The molecule has 5 nitrogen and oxygen atoms in total. The van der Waals surface area contributed by atoms with E-state index in [-0.39, 0.29) is 16.5 Å². The first kappa shape index (κ1) is 15.6. The summed E-state index contributed by atoms with van der Waals surface area (Å²) in [6, 6.07) is 1.94. The fourth-order valence-corrected chi connectivity index (χ4v) is 4.59. The molecule has 0 saturated carbocycles. The monoisotopic (exact) mass is 355 g/mol. The van der Waals surface area contributed by atoms with Crippen molar-refractivity contribution in [2.45, 2.75) is 30.5 Å². The van der Waals surface area contributed by atoms with Crippen LogP contribution in [0, 0.1) is 5.92 Å². The lowest BCUT2D eigenvalue weighted by Gasteiger charge is -2.15. The number of carbonyl (C=O) groups is 1. The van der Waals surface area contributed by atoms with Gasteiger partial charge >= 0.3 is 5.97 Å². The van der Waals surface area contributed by atoms with E-state index in [0.717, 1.165) is 11.3 Å². The highest BCUT2D eigenvalue weighted by molar-refractivity contribution is 9.11. The zero-order valence-corrected chi connectivity index (χ0v) is 13.1. The number of thiophene rings is 1. The largest absolute Gasteiger partial charge is 0.480 e. The molecule has 0 bridgehead atoms. The van der Waals surface area contributed by atoms with Gasteiger partial charge in [0, 0.05) is 0 Å². The summed E-state index contributed by atoms with van der Waals surface area (Å²) in [4.78, 5) is 11.0. The van der Waals surface area contributed by atoms with Crippen molar-refractivity contribution in [2.24, 2.45) is 5.92 Å². The van der Waals surface area contributed by atoms with Gasteiger partial charge in [0.2, 0.25) is 0 Å². The van der Waals surface area contributed by atoms with Gasteiger partial charge in [-0.25, -0.2) is 8.42 Å². The molecule has 102 valence electrons. The van der Waals surface area contributed by atoms with Crippen LogP contribution in [-0.4, -0.2) is 25.5 Å². The van der Waals surface area contributed by atoms with Crippen molar-refractivity contribution < 1.29 is 18.3 Å². The Morgan fingerprint density at radius 3 is 2.50 bits per heavy atom. The van der Waals surface area contributed by atoms with Crippen molar-refractivity contribution in [3.8, 4) is 0 Å². The van der Waals surface area contributed by atoms with Gasteiger partial charge < -0.3 is 5.11 Å². The average Bonchev–Trinajstić information content (AvgIpc) is 2.63. The van der Waals surface area contributed by atoms with E-state index in [2.05, 4.69) is 20.7 Å². The van der Waals surface area contributed by atoms with E-state index in [9.17, 15) is 13.2 Å². The van der Waals surface area contributed by atoms with Crippen LogP contribution in [0.1, 0.15) is 20.3 Å². The third kappa shape index (κ3) is 4.34. The van der Waals surface area contributed by atoms with Crippen LogP contribution in [0.4, 0.5) is 0 Å². The molecule has 0 aliphatic heterocycles. The number of hydrogen-bond donors (Lipinski definition) is 2. The molecule has 0 aromatic carbocycles. The van der Waals surface area contributed by atoms with Crippen LogP contribution in [0.15, 0.2) is 20.1 Å². The molecule has 2 N–H and O–H groups in total. The van der Waals surface area contributed by atoms with E-state index in [1.54, 1.807) is 6.07 Å². The molecule has 1 aromatic heterocycles. The van der Waals surface area contributed by atoms with Gasteiger partial charge in [0.25, 0.3) is 10.0 Å².